The highest BCUT2D eigenvalue weighted by atomic mass is 19.1. The van der Waals surface area contributed by atoms with Crippen LogP contribution >= 0.6 is 0 Å². The molecule has 24 heavy (non-hydrogen) atoms. The van der Waals surface area contributed by atoms with Gasteiger partial charge < -0.3 is 5.11 Å². The second kappa shape index (κ2) is 7.81. The summed E-state index contributed by atoms with van der Waals surface area (Å²) in [6, 6.07) is 7.84. The van der Waals surface area contributed by atoms with Gasteiger partial charge in [0.25, 0.3) is 0 Å². The first kappa shape index (κ1) is 18.5. The molecular weight excluding hydrogens is 303 g/mol. The molecule has 0 spiro atoms. The Bertz CT molecular complexity index is 650. The zero-order valence-corrected chi connectivity index (χ0v) is 14.8. The molecule has 1 saturated heterocycles. The number of nitriles is 1. The van der Waals surface area contributed by atoms with E-state index >= 15 is 0 Å². The fourth-order valence-electron chi connectivity index (χ4n) is 3.39. The molecule has 2 unspecified atom stereocenters. The van der Waals surface area contributed by atoms with Crippen molar-refractivity contribution in [3.63, 3.8) is 0 Å². The maximum absolute atomic E-state index is 14.5. The van der Waals surface area contributed by atoms with Gasteiger partial charge in [0.2, 0.25) is 0 Å². The molecule has 1 N–H and O–H groups in total. The second-order valence-corrected chi connectivity index (χ2v) is 6.96. The van der Waals surface area contributed by atoms with Gasteiger partial charge in [0.15, 0.2) is 0 Å². The number of alkyl halides is 1. The van der Waals surface area contributed by atoms with Gasteiger partial charge in [-0.25, -0.2) is 4.39 Å². The summed E-state index contributed by atoms with van der Waals surface area (Å²) in [5.74, 6) is 0.283. The Balaban J connectivity index is 2.05. The molecule has 0 aliphatic carbocycles. The van der Waals surface area contributed by atoms with Crippen LogP contribution in [0.25, 0.3) is 5.57 Å². The van der Waals surface area contributed by atoms with E-state index in [1.165, 1.54) is 0 Å². The molecule has 3 nitrogen and oxygen atoms in total. The molecule has 1 aliphatic rings. The highest BCUT2D eigenvalue weighted by Gasteiger charge is 2.39. The highest BCUT2D eigenvalue weighted by molar-refractivity contribution is 5.70. The SMILES string of the molecule is C/C=C(\CC)c1ccc(CN2CCC(C)(CC#N)C(F)C2)cc1O. The van der Waals surface area contributed by atoms with Crippen molar-refractivity contribution in [2.24, 2.45) is 5.41 Å². The number of allylic oxidation sites excluding steroid dienone is 2. The van der Waals surface area contributed by atoms with Crippen molar-refractivity contribution in [1.29, 1.82) is 5.26 Å². The van der Waals surface area contributed by atoms with Gasteiger partial charge in [-0.2, -0.15) is 5.26 Å². The first-order valence-electron chi connectivity index (χ1n) is 8.64. The van der Waals surface area contributed by atoms with E-state index in [0.29, 0.717) is 19.5 Å². The van der Waals surface area contributed by atoms with Gasteiger partial charge in [0.1, 0.15) is 11.9 Å². The zero-order chi connectivity index (χ0) is 17.7. The summed E-state index contributed by atoms with van der Waals surface area (Å²) < 4.78 is 14.5. The average molecular weight is 330 g/mol. The van der Waals surface area contributed by atoms with Crippen molar-refractivity contribution >= 4 is 5.57 Å². The maximum atomic E-state index is 14.5. The molecular formula is C20H27FN2O. The van der Waals surface area contributed by atoms with Crippen molar-refractivity contribution in [2.45, 2.75) is 52.8 Å². The number of benzene rings is 1. The van der Waals surface area contributed by atoms with E-state index in [0.717, 1.165) is 29.7 Å². The number of aromatic hydroxyl groups is 1. The molecule has 0 amide bonds. The molecule has 130 valence electrons. The van der Waals surface area contributed by atoms with Crippen LogP contribution in [-0.2, 0) is 6.54 Å². The third-order valence-corrected chi connectivity index (χ3v) is 5.20. The van der Waals surface area contributed by atoms with Crippen LogP contribution in [0.4, 0.5) is 4.39 Å². The molecule has 2 atom stereocenters. The summed E-state index contributed by atoms with van der Waals surface area (Å²) in [7, 11) is 0. The monoisotopic (exact) mass is 330 g/mol. The van der Waals surface area contributed by atoms with Gasteiger partial charge in [-0.05, 0) is 43.5 Å². The average Bonchev–Trinajstić information content (AvgIpc) is 2.55. The van der Waals surface area contributed by atoms with Crippen LogP contribution in [0, 0.1) is 16.7 Å². The quantitative estimate of drug-likeness (QED) is 0.853. The molecule has 1 aromatic rings. The van der Waals surface area contributed by atoms with Crippen molar-refractivity contribution < 1.29 is 9.50 Å². The number of hydrogen-bond acceptors (Lipinski definition) is 3. The minimum absolute atomic E-state index is 0.265. The number of hydrogen-bond donors (Lipinski definition) is 1. The highest BCUT2D eigenvalue weighted by Crippen LogP contribution is 2.37. The number of phenolic OH excluding ortho intramolecular Hbond substituents is 1. The molecule has 2 rings (SSSR count). The van der Waals surface area contributed by atoms with Gasteiger partial charge in [0, 0.05) is 30.5 Å². The minimum atomic E-state index is -0.992. The van der Waals surface area contributed by atoms with Crippen LogP contribution in [-0.4, -0.2) is 29.3 Å². The van der Waals surface area contributed by atoms with E-state index in [-0.39, 0.29) is 12.2 Å². The van der Waals surface area contributed by atoms with Gasteiger partial charge in [-0.3, -0.25) is 4.90 Å². The Morgan fingerprint density at radius 1 is 1.54 bits per heavy atom. The maximum Gasteiger partial charge on any atom is 0.123 e. The van der Waals surface area contributed by atoms with Crippen LogP contribution in [0.15, 0.2) is 24.3 Å². The zero-order valence-electron chi connectivity index (χ0n) is 14.8. The summed E-state index contributed by atoms with van der Waals surface area (Å²) in [4.78, 5) is 2.06. The largest absolute Gasteiger partial charge is 0.507 e. The Morgan fingerprint density at radius 3 is 2.83 bits per heavy atom. The molecule has 1 aliphatic heterocycles. The number of likely N-dealkylation sites (tertiary alicyclic amines) is 1. The Morgan fingerprint density at radius 2 is 2.29 bits per heavy atom. The van der Waals surface area contributed by atoms with Crippen LogP contribution in [0.2, 0.25) is 0 Å². The number of piperidine rings is 1. The lowest BCUT2D eigenvalue weighted by molar-refractivity contribution is 0.0186. The molecule has 1 fully saturated rings. The molecule has 1 aromatic carbocycles. The summed E-state index contributed by atoms with van der Waals surface area (Å²) in [5, 5.41) is 19.2. The fourth-order valence-corrected chi connectivity index (χ4v) is 3.39. The fraction of sp³-hybridized carbons (Fsp3) is 0.550. The third kappa shape index (κ3) is 3.96. The Hall–Kier alpha value is -1.86. The third-order valence-electron chi connectivity index (χ3n) is 5.20. The molecule has 0 aromatic heterocycles. The lowest BCUT2D eigenvalue weighted by Gasteiger charge is -2.41. The molecule has 1 heterocycles. The molecule has 0 radical (unpaired) electrons. The predicted molar refractivity (Wildman–Crippen MR) is 95.2 cm³/mol. The lowest BCUT2D eigenvalue weighted by atomic mass is 9.76. The number of rotatable bonds is 5. The molecule has 4 heteroatoms. The first-order valence-corrected chi connectivity index (χ1v) is 8.64. The smallest absolute Gasteiger partial charge is 0.123 e. The standard InChI is InChI=1S/C20H27FN2O/c1-4-16(5-2)17-7-6-15(12-18(17)24)13-23-11-9-20(3,8-10-22)19(21)14-23/h4,6-7,12,19,24H,5,8-9,11,13-14H2,1-3H3/b16-4+. The predicted octanol–water partition coefficient (Wildman–Crippen LogP) is 4.67. The van der Waals surface area contributed by atoms with Gasteiger partial charge in [-0.15, -0.1) is 0 Å². The number of halogens is 1. The summed E-state index contributed by atoms with van der Waals surface area (Å²) in [5.41, 5.74) is 2.44. The topological polar surface area (TPSA) is 47.3 Å². The summed E-state index contributed by atoms with van der Waals surface area (Å²) in [6.07, 6.45) is 2.85. The summed E-state index contributed by atoms with van der Waals surface area (Å²) in [6.45, 7) is 7.64. The number of phenols is 1. The van der Waals surface area contributed by atoms with Crippen LogP contribution in [0.3, 0.4) is 0 Å². The van der Waals surface area contributed by atoms with Gasteiger partial charge in [-0.1, -0.05) is 32.1 Å². The van der Waals surface area contributed by atoms with Crippen molar-refractivity contribution in [3.05, 3.63) is 35.4 Å². The van der Waals surface area contributed by atoms with E-state index in [1.54, 1.807) is 6.07 Å². The van der Waals surface area contributed by atoms with Gasteiger partial charge in [0.05, 0.1) is 6.07 Å². The van der Waals surface area contributed by atoms with Crippen LogP contribution in [0.5, 0.6) is 5.75 Å². The Labute approximate surface area is 144 Å². The van der Waals surface area contributed by atoms with Gasteiger partial charge >= 0.3 is 0 Å². The van der Waals surface area contributed by atoms with E-state index in [9.17, 15) is 9.50 Å². The van der Waals surface area contributed by atoms with E-state index in [4.69, 9.17) is 5.26 Å². The van der Waals surface area contributed by atoms with E-state index < -0.39 is 11.6 Å². The van der Waals surface area contributed by atoms with Crippen molar-refractivity contribution in [3.8, 4) is 11.8 Å². The Kier molecular flexibility index (Phi) is 6.01. The van der Waals surface area contributed by atoms with Crippen molar-refractivity contribution in [1.82, 2.24) is 4.90 Å². The first-order chi connectivity index (χ1) is 11.4. The lowest BCUT2D eigenvalue weighted by Crippen LogP contribution is -2.47. The van der Waals surface area contributed by atoms with Crippen LogP contribution < -0.4 is 0 Å². The summed E-state index contributed by atoms with van der Waals surface area (Å²) >= 11 is 0. The van der Waals surface area contributed by atoms with E-state index in [1.807, 2.05) is 32.1 Å². The van der Waals surface area contributed by atoms with E-state index in [2.05, 4.69) is 17.9 Å². The molecule has 0 saturated carbocycles. The number of nitrogens with zero attached hydrogens (tertiary/aromatic N) is 2. The van der Waals surface area contributed by atoms with Crippen LogP contribution in [0.1, 0.15) is 51.2 Å². The normalized spacial score (nSPS) is 25.5. The second-order valence-electron chi connectivity index (χ2n) is 6.96. The minimum Gasteiger partial charge on any atom is -0.507 e. The molecule has 0 bridgehead atoms. The van der Waals surface area contributed by atoms with Crippen molar-refractivity contribution in [2.75, 3.05) is 13.1 Å².